The van der Waals surface area contributed by atoms with Crippen molar-refractivity contribution in [2.45, 2.75) is 6.92 Å². The lowest BCUT2D eigenvalue weighted by Gasteiger charge is -2.33. The first-order valence-electron chi connectivity index (χ1n) is 8.50. The SMILES string of the molecule is Cc1cc(C(=O)N2CCN(C)c3nc4ccccc4nc32)ccc1[N+](=O)[O-]. The Labute approximate surface area is 155 Å². The Kier molecular flexibility index (Phi) is 3.95. The summed E-state index contributed by atoms with van der Waals surface area (Å²) in [5, 5.41) is 11.0. The monoisotopic (exact) mass is 363 g/mol. The van der Waals surface area contributed by atoms with Crippen molar-refractivity contribution in [3.05, 3.63) is 63.7 Å². The van der Waals surface area contributed by atoms with Gasteiger partial charge in [0.1, 0.15) is 0 Å². The van der Waals surface area contributed by atoms with Crippen molar-refractivity contribution >= 4 is 34.3 Å². The Bertz CT molecular complexity index is 1080. The minimum Gasteiger partial charge on any atom is -0.355 e. The van der Waals surface area contributed by atoms with Gasteiger partial charge in [0.25, 0.3) is 11.6 Å². The van der Waals surface area contributed by atoms with Crippen LogP contribution in [-0.2, 0) is 0 Å². The number of amides is 1. The van der Waals surface area contributed by atoms with Crippen molar-refractivity contribution < 1.29 is 9.72 Å². The average Bonchev–Trinajstić information content (AvgIpc) is 2.66. The van der Waals surface area contributed by atoms with Crippen LogP contribution in [0, 0.1) is 17.0 Å². The highest BCUT2D eigenvalue weighted by molar-refractivity contribution is 6.08. The summed E-state index contributed by atoms with van der Waals surface area (Å²) in [6.45, 7) is 2.71. The lowest BCUT2D eigenvalue weighted by Crippen LogP contribution is -2.43. The van der Waals surface area contributed by atoms with Crippen LogP contribution in [-0.4, -0.2) is 40.9 Å². The fraction of sp³-hybridized carbons (Fsp3) is 0.211. The number of para-hydroxylation sites is 2. The van der Waals surface area contributed by atoms with E-state index in [4.69, 9.17) is 0 Å². The molecule has 0 saturated heterocycles. The van der Waals surface area contributed by atoms with Crippen LogP contribution >= 0.6 is 0 Å². The quantitative estimate of drug-likeness (QED) is 0.513. The molecule has 3 aromatic rings. The van der Waals surface area contributed by atoms with Gasteiger partial charge < -0.3 is 4.90 Å². The summed E-state index contributed by atoms with van der Waals surface area (Å²) in [5.74, 6) is 0.905. The summed E-state index contributed by atoms with van der Waals surface area (Å²) < 4.78 is 0. The highest BCUT2D eigenvalue weighted by atomic mass is 16.6. The zero-order chi connectivity index (χ0) is 19.1. The first-order valence-corrected chi connectivity index (χ1v) is 8.50. The van der Waals surface area contributed by atoms with Crippen LogP contribution in [0.25, 0.3) is 11.0 Å². The molecule has 0 aliphatic carbocycles. The Hall–Kier alpha value is -3.55. The topological polar surface area (TPSA) is 92.5 Å². The van der Waals surface area contributed by atoms with E-state index in [0.717, 1.165) is 5.52 Å². The summed E-state index contributed by atoms with van der Waals surface area (Å²) in [6.07, 6.45) is 0. The Morgan fingerprint density at radius 1 is 1.07 bits per heavy atom. The summed E-state index contributed by atoms with van der Waals surface area (Å²) in [7, 11) is 1.92. The summed E-state index contributed by atoms with van der Waals surface area (Å²) in [4.78, 5) is 36.5. The van der Waals surface area contributed by atoms with E-state index in [2.05, 4.69) is 9.97 Å². The molecule has 1 aliphatic heterocycles. The van der Waals surface area contributed by atoms with Crippen LogP contribution in [0.3, 0.4) is 0 Å². The Morgan fingerprint density at radius 3 is 2.37 bits per heavy atom. The van der Waals surface area contributed by atoms with E-state index < -0.39 is 4.92 Å². The number of fused-ring (bicyclic) bond motifs is 2. The van der Waals surface area contributed by atoms with Crippen LogP contribution in [0.1, 0.15) is 15.9 Å². The summed E-state index contributed by atoms with van der Waals surface area (Å²) >= 11 is 0. The number of carbonyl (C=O) groups is 1. The van der Waals surface area contributed by atoms with Crippen LogP contribution < -0.4 is 9.80 Å². The minimum atomic E-state index is -0.452. The van der Waals surface area contributed by atoms with E-state index in [1.54, 1.807) is 17.9 Å². The van der Waals surface area contributed by atoms with Gasteiger partial charge in [0.05, 0.1) is 16.0 Å². The normalized spacial score (nSPS) is 13.6. The molecule has 0 unspecified atom stereocenters. The van der Waals surface area contributed by atoms with Crippen molar-refractivity contribution in [1.82, 2.24) is 9.97 Å². The molecule has 0 saturated carbocycles. The fourth-order valence-corrected chi connectivity index (χ4v) is 3.23. The Balaban J connectivity index is 1.78. The molecule has 8 nitrogen and oxygen atoms in total. The Morgan fingerprint density at radius 2 is 1.74 bits per heavy atom. The van der Waals surface area contributed by atoms with E-state index in [-0.39, 0.29) is 11.6 Å². The van der Waals surface area contributed by atoms with E-state index in [0.29, 0.717) is 41.4 Å². The van der Waals surface area contributed by atoms with E-state index in [1.807, 2.05) is 36.2 Å². The van der Waals surface area contributed by atoms with Crippen molar-refractivity contribution in [3.63, 3.8) is 0 Å². The molecule has 1 aliphatic rings. The molecule has 0 atom stereocenters. The second-order valence-electron chi connectivity index (χ2n) is 6.50. The zero-order valence-corrected chi connectivity index (χ0v) is 14.9. The number of nitro groups is 1. The molecule has 0 bridgehead atoms. The van der Waals surface area contributed by atoms with Gasteiger partial charge in [-0.25, -0.2) is 9.97 Å². The van der Waals surface area contributed by atoms with Gasteiger partial charge in [0, 0.05) is 37.3 Å². The lowest BCUT2D eigenvalue weighted by atomic mass is 10.1. The third kappa shape index (κ3) is 2.84. The minimum absolute atomic E-state index is 0.00360. The maximum atomic E-state index is 13.1. The first-order chi connectivity index (χ1) is 13.0. The van der Waals surface area contributed by atoms with E-state index in [9.17, 15) is 14.9 Å². The number of aryl methyl sites for hydroxylation is 1. The number of benzene rings is 2. The number of aromatic nitrogens is 2. The third-order valence-electron chi connectivity index (χ3n) is 4.70. The van der Waals surface area contributed by atoms with Crippen molar-refractivity contribution in [2.75, 3.05) is 29.9 Å². The number of hydrogen-bond donors (Lipinski definition) is 0. The number of hydrogen-bond acceptors (Lipinski definition) is 6. The van der Waals surface area contributed by atoms with Crippen molar-refractivity contribution in [2.24, 2.45) is 0 Å². The first kappa shape index (κ1) is 16.9. The van der Waals surface area contributed by atoms with E-state index in [1.165, 1.54) is 12.1 Å². The molecule has 2 aromatic carbocycles. The van der Waals surface area contributed by atoms with Crippen molar-refractivity contribution in [3.8, 4) is 0 Å². The molecular weight excluding hydrogens is 346 g/mol. The third-order valence-corrected chi connectivity index (χ3v) is 4.70. The van der Waals surface area contributed by atoms with Gasteiger partial charge in [-0.3, -0.25) is 19.8 Å². The maximum Gasteiger partial charge on any atom is 0.272 e. The molecule has 27 heavy (non-hydrogen) atoms. The number of anilines is 2. The molecule has 0 radical (unpaired) electrons. The molecule has 2 heterocycles. The number of rotatable bonds is 2. The second kappa shape index (κ2) is 6.31. The van der Waals surface area contributed by atoms with Gasteiger partial charge in [0.15, 0.2) is 11.6 Å². The molecular formula is C19H17N5O3. The van der Waals surface area contributed by atoms with Gasteiger partial charge in [0.2, 0.25) is 0 Å². The van der Waals surface area contributed by atoms with Crippen molar-refractivity contribution in [1.29, 1.82) is 0 Å². The van der Waals surface area contributed by atoms with Gasteiger partial charge in [-0.2, -0.15) is 0 Å². The molecule has 8 heteroatoms. The second-order valence-corrected chi connectivity index (χ2v) is 6.50. The maximum absolute atomic E-state index is 13.1. The van der Waals surface area contributed by atoms with Crippen LogP contribution in [0.5, 0.6) is 0 Å². The van der Waals surface area contributed by atoms with E-state index >= 15 is 0 Å². The fourth-order valence-electron chi connectivity index (χ4n) is 3.23. The lowest BCUT2D eigenvalue weighted by molar-refractivity contribution is -0.385. The highest BCUT2D eigenvalue weighted by Crippen LogP contribution is 2.32. The van der Waals surface area contributed by atoms with Crippen LogP contribution in [0.15, 0.2) is 42.5 Å². The number of nitrogens with zero attached hydrogens (tertiary/aromatic N) is 5. The number of carbonyl (C=O) groups excluding carboxylic acids is 1. The van der Waals surface area contributed by atoms with Gasteiger partial charge >= 0.3 is 0 Å². The molecule has 4 rings (SSSR count). The molecule has 0 fully saturated rings. The smallest absolute Gasteiger partial charge is 0.272 e. The molecule has 0 spiro atoms. The zero-order valence-electron chi connectivity index (χ0n) is 14.9. The number of nitro benzene ring substituents is 1. The molecule has 136 valence electrons. The predicted octanol–water partition coefficient (Wildman–Crippen LogP) is 2.94. The molecule has 0 N–H and O–H groups in total. The highest BCUT2D eigenvalue weighted by Gasteiger charge is 2.29. The summed E-state index contributed by atoms with van der Waals surface area (Å²) in [6, 6.07) is 11.9. The van der Waals surface area contributed by atoms with Gasteiger partial charge in [-0.05, 0) is 31.2 Å². The largest absolute Gasteiger partial charge is 0.355 e. The standard InChI is InChI=1S/C19H17N5O3/c1-12-11-13(7-8-16(12)24(26)27)19(25)23-10-9-22(2)17-18(23)21-15-6-4-3-5-14(15)20-17/h3-8,11H,9-10H2,1-2H3. The van der Waals surface area contributed by atoms with Crippen LogP contribution in [0.4, 0.5) is 17.3 Å². The van der Waals surface area contributed by atoms with Gasteiger partial charge in [-0.1, -0.05) is 12.1 Å². The summed E-state index contributed by atoms with van der Waals surface area (Å²) in [5.41, 5.74) is 2.32. The van der Waals surface area contributed by atoms with Crippen LogP contribution in [0.2, 0.25) is 0 Å². The molecule has 1 amide bonds. The average molecular weight is 363 g/mol. The predicted molar refractivity (Wildman–Crippen MR) is 102 cm³/mol. The number of likely N-dealkylation sites (N-methyl/N-ethyl adjacent to an activating group) is 1. The van der Waals surface area contributed by atoms with Gasteiger partial charge in [-0.15, -0.1) is 0 Å². The molecule has 1 aromatic heterocycles.